The van der Waals surface area contributed by atoms with Crippen LogP contribution in [0.2, 0.25) is 0 Å². The smallest absolute Gasteiger partial charge is 0.411 e. The highest BCUT2D eigenvalue weighted by Crippen LogP contribution is 2.47. The first-order valence-electron chi connectivity index (χ1n) is 14.2. The molecule has 0 aromatic heterocycles. The van der Waals surface area contributed by atoms with Crippen LogP contribution in [0, 0.1) is 36.9 Å². The Labute approximate surface area is 271 Å². The second-order valence-corrected chi connectivity index (χ2v) is 12.5. The molecule has 0 saturated carbocycles. The minimum atomic E-state index is -3.62. The van der Waals surface area contributed by atoms with Crippen LogP contribution in [0.15, 0.2) is 66.7 Å². The molecular formula is C32H33N4O10P. The number of nitrogens with zero attached hydrogens (tertiary/aromatic N) is 2. The van der Waals surface area contributed by atoms with Gasteiger partial charge in [-0.2, -0.15) is 0 Å². The van der Waals surface area contributed by atoms with Crippen LogP contribution in [-0.2, 0) is 28.1 Å². The van der Waals surface area contributed by atoms with Gasteiger partial charge in [-0.1, -0.05) is 30.3 Å². The monoisotopic (exact) mass is 664 g/mol. The molecule has 3 aromatic carbocycles. The van der Waals surface area contributed by atoms with Gasteiger partial charge in [-0.15, -0.1) is 10.5 Å². The number of benzene rings is 3. The van der Waals surface area contributed by atoms with E-state index in [0.717, 1.165) is 0 Å². The van der Waals surface area contributed by atoms with Gasteiger partial charge >= 0.3 is 18.2 Å². The zero-order valence-corrected chi connectivity index (χ0v) is 26.8. The molecule has 3 rings (SSSR count). The summed E-state index contributed by atoms with van der Waals surface area (Å²) in [5.41, 5.74) is 2.08. The molecule has 246 valence electrons. The van der Waals surface area contributed by atoms with Crippen molar-refractivity contribution in [2.45, 2.75) is 33.3 Å². The van der Waals surface area contributed by atoms with Crippen LogP contribution < -0.4 is 25.4 Å². The molecule has 2 atom stereocenters. The average molecular weight is 665 g/mol. The van der Waals surface area contributed by atoms with Gasteiger partial charge in [0.1, 0.15) is 31.3 Å². The van der Waals surface area contributed by atoms with E-state index in [2.05, 4.69) is 10.6 Å². The Kier molecular flexibility index (Phi) is 13.6. The van der Waals surface area contributed by atoms with Crippen LogP contribution in [0.5, 0.6) is 11.5 Å². The Morgan fingerprint density at radius 2 is 1.32 bits per heavy atom. The Morgan fingerprint density at radius 1 is 0.787 bits per heavy atom. The van der Waals surface area contributed by atoms with Gasteiger partial charge in [0, 0.05) is 35.0 Å². The third kappa shape index (κ3) is 11.7. The molecule has 0 bridgehead atoms. The number of anilines is 2. The molecule has 0 fully saturated rings. The van der Waals surface area contributed by atoms with Gasteiger partial charge in [0.2, 0.25) is 7.37 Å². The average Bonchev–Trinajstić information content (AvgIpc) is 3.05. The summed E-state index contributed by atoms with van der Waals surface area (Å²) < 4.78 is 44.9. The minimum Gasteiger partial charge on any atom is -0.462 e. The zero-order valence-electron chi connectivity index (χ0n) is 25.9. The van der Waals surface area contributed by atoms with Crippen molar-refractivity contribution in [2.24, 2.45) is 0 Å². The molecule has 3 aromatic rings. The number of nitrogens with one attached hydrogen (secondary N) is 2. The highest BCUT2D eigenvalue weighted by molar-refractivity contribution is 7.67. The second kappa shape index (κ2) is 17.8. The first-order chi connectivity index (χ1) is 22.5. The van der Waals surface area contributed by atoms with E-state index in [1.807, 2.05) is 0 Å². The molecule has 47 heavy (non-hydrogen) atoms. The van der Waals surface area contributed by atoms with Crippen molar-refractivity contribution >= 4 is 42.2 Å². The van der Waals surface area contributed by atoms with Crippen molar-refractivity contribution in [3.8, 4) is 24.0 Å². The maximum Gasteiger partial charge on any atom is 0.411 e. The van der Waals surface area contributed by atoms with Crippen molar-refractivity contribution in [3.63, 3.8) is 0 Å². The number of amides is 2. The molecular weight excluding hydrogens is 631 g/mol. The SMILES string of the molecule is Cc1ccc(NC(=O)OCCOC(=O)CCP(=O)(OC(C)COC(=O)Nc2ccc(C)c(OC#N)c2)c2ccccc2)cc1OC#N. The molecule has 2 unspecified atom stereocenters. The number of hydrogen-bond acceptors (Lipinski definition) is 12. The molecule has 0 aliphatic carbocycles. The van der Waals surface area contributed by atoms with Crippen molar-refractivity contribution in [2.75, 3.05) is 36.6 Å². The third-order valence-electron chi connectivity index (χ3n) is 6.32. The van der Waals surface area contributed by atoms with E-state index in [9.17, 15) is 18.9 Å². The van der Waals surface area contributed by atoms with Crippen LogP contribution in [0.3, 0.4) is 0 Å². The summed E-state index contributed by atoms with van der Waals surface area (Å²) in [5, 5.41) is 22.9. The van der Waals surface area contributed by atoms with Crippen LogP contribution in [0.4, 0.5) is 21.0 Å². The summed E-state index contributed by atoms with van der Waals surface area (Å²) in [5.74, 6) is -0.125. The predicted octanol–water partition coefficient (Wildman–Crippen LogP) is 5.76. The first-order valence-corrected chi connectivity index (χ1v) is 16.0. The number of hydrogen-bond donors (Lipinski definition) is 2. The van der Waals surface area contributed by atoms with E-state index in [1.54, 1.807) is 87.9 Å². The topological polar surface area (TPSA) is 195 Å². The fraction of sp³-hybridized carbons (Fsp3) is 0.281. The predicted molar refractivity (Wildman–Crippen MR) is 169 cm³/mol. The van der Waals surface area contributed by atoms with Crippen molar-refractivity contribution < 1.29 is 47.2 Å². The number of ether oxygens (including phenoxy) is 5. The van der Waals surface area contributed by atoms with Crippen LogP contribution >= 0.6 is 7.37 Å². The summed E-state index contributed by atoms with van der Waals surface area (Å²) in [6.07, 6.45) is 0.255. The maximum absolute atomic E-state index is 13.9. The van der Waals surface area contributed by atoms with E-state index in [-0.39, 0.29) is 43.9 Å². The van der Waals surface area contributed by atoms with Gasteiger partial charge in [-0.3, -0.25) is 20.0 Å². The minimum absolute atomic E-state index is 0.195. The Bertz CT molecular complexity index is 1690. The molecule has 2 N–H and O–H groups in total. The molecule has 2 amide bonds. The summed E-state index contributed by atoms with van der Waals surface area (Å²) in [4.78, 5) is 36.9. The molecule has 14 nitrogen and oxygen atoms in total. The van der Waals surface area contributed by atoms with Gasteiger partial charge in [-0.25, -0.2) is 9.59 Å². The molecule has 0 aliphatic heterocycles. The molecule has 0 aliphatic rings. The number of carbonyl (C=O) groups excluding carboxylic acids is 3. The van der Waals surface area contributed by atoms with Crippen LogP contribution in [-0.4, -0.2) is 50.2 Å². The van der Waals surface area contributed by atoms with Gasteiger partial charge in [0.05, 0.1) is 12.5 Å². The first kappa shape index (κ1) is 35.9. The maximum atomic E-state index is 13.9. The summed E-state index contributed by atoms with van der Waals surface area (Å²) in [7, 11) is -3.62. The van der Waals surface area contributed by atoms with Gasteiger partial charge < -0.3 is 28.2 Å². The fourth-order valence-electron chi connectivity index (χ4n) is 3.99. The lowest BCUT2D eigenvalue weighted by molar-refractivity contribution is -0.144. The number of nitriles is 2. The summed E-state index contributed by atoms with van der Waals surface area (Å²) in [6.45, 7) is 4.31. The van der Waals surface area contributed by atoms with E-state index in [1.165, 1.54) is 12.1 Å². The lowest BCUT2D eigenvalue weighted by atomic mass is 10.2. The molecule has 0 heterocycles. The van der Waals surface area contributed by atoms with Crippen molar-refractivity contribution in [1.82, 2.24) is 0 Å². The fourth-order valence-corrected chi connectivity index (χ4v) is 6.23. The normalized spacial score (nSPS) is 12.2. The lowest BCUT2D eigenvalue weighted by Crippen LogP contribution is -2.24. The van der Waals surface area contributed by atoms with Crippen molar-refractivity contribution in [3.05, 3.63) is 77.9 Å². The lowest BCUT2D eigenvalue weighted by Gasteiger charge is -2.23. The van der Waals surface area contributed by atoms with Crippen molar-refractivity contribution in [1.29, 1.82) is 10.5 Å². The number of esters is 1. The largest absolute Gasteiger partial charge is 0.462 e. The van der Waals surface area contributed by atoms with E-state index >= 15 is 0 Å². The Morgan fingerprint density at radius 3 is 1.87 bits per heavy atom. The Hall–Kier alpha value is -5.56. The third-order valence-corrected chi connectivity index (χ3v) is 8.92. The quantitative estimate of drug-likeness (QED) is 0.0656. The molecule has 0 saturated heterocycles. The standard InChI is InChI=1S/C32H33N4O10P/c1-22-9-11-25(17-28(22)44-20-33)35-31(38)42-15-14-41-30(37)13-16-47(40,27-7-5-4-6-8-27)46-24(3)19-43-32(39)36-26-12-10-23(2)29(18-26)45-21-34/h4-12,17-18,24H,13-16,19H2,1-3H3,(H,35,38)(H,36,39). The van der Waals surface area contributed by atoms with E-state index in [4.69, 9.17) is 38.7 Å². The van der Waals surface area contributed by atoms with Gasteiger partial charge in [0.15, 0.2) is 0 Å². The van der Waals surface area contributed by atoms with E-state index < -0.39 is 31.6 Å². The number of carbonyl (C=O) groups is 3. The van der Waals surface area contributed by atoms with Crippen LogP contribution in [0.1, 0.15) is 24.5 Å². The summed E-state index contributed by atoms with van der Waals surface area (Å²) >= 11 is 0. The van der Waals surface area contributed by atoms with E-state index in [0.29, 0.717) is 27.8 Å². The van der Waals surface area contributed by atoms with Crippen LogP contribution in [0.25, 0.3) is 0 Å². The number of rotatable bonds is 15. The Balaban J connectivity index is 1.46. The zero-order chi connectivity index (χ0) is 34.2. The molecule has 15 heteroatoms. The van der Waals surface area contributed by atoms with Gasteiger partial charge in [-0.05, 0) is 56.2 Å². The highest BCUT2D eigenvalue weighted by atomic mass is 31.2. The number of aryl methyl sites for hydroxylation is 2. The molecule has 0 spiro atoms. The second-order valence-electron chi connectivity index (χ2n) is 9.95. The summed E-state index contributed by atoms with van der Waals surface area (Å²) in [6, 6.07) is 17.8. The molecule has 0 radical (unpaired) electrons. The highest BCUT2D eigenvalue weighted by Gasteiger charge is 2.30. The van der Waals surface area contributed by atoms with Gasteiger partial charge in [0.25, 0.3) is 12.5 Å².